The molecule has 3 nitrogen and oxygen atoms in total. The van der Waals surface area contributed by atoms with Crippen molar-refractivity contribution in [3.8, 4) is 6.01 Å². The van der Waals surface area contributed by atoms with E-state index in [-0.39, 0.29) is 11.2 Å². The van der Waals surface area contributed by atoms with Crippen molar-refractivity contribution in [3.05, 3.63) is 15.8 Å². The van der Waals surface area contributed by atoms with Crippen LogP contribution in [0.3, 0.4) is 0 Å². The van der Waals surface area contributed by atoms with E-state index in [1.165, 1.54) is 6.20 Å². The SMILES string of the molecule is [2H]C([2H])([2H])Oc1ncc(Br)c(Cl)n1. The van der Waals surface area contributed by atoms with Crippen molar-refractivity contribution in [2.45, 2.75) is 0 Å². The quantitative estimate of drug-likeness (QED) is 0.686. The second-order valence-corrected chi connectivity index (χ2v) is 2.61. The van der Waals surface area contributed by atoms with E-state index in [1.807, 2.05) is 0 Å². The van der Waals surface area contributed by atoms with E-state index in [2.05, 4.69) is 30.6 Å². The zero-order valence-electron chi connectivity index (χ0n) is 7.64. The van der Waals surface area contributed by atoms with Gasteiger partial charge >= 0.3 is 6.01 Å². The number of hydrogen-bond acceptors (Lipinski definition) is 3. The Balaban J connectivity index is 2.86. The molecule has 0 unspecified atom stereocenters. The monoisotopic (exact) mass is 225 g/mol. The summed E-state index contributed by atoms with van der Waals surface area (Å²) in [6, 6.07) is -0.270. The van der Waals surface area contributed by atoms with Crippen molar-refractivity contribution in [1.82, 2.24) is 9.97 Å². The fourth-order valence-corrected chi connectivity index (χ4v) is 0.693. The van der Waals surface area contributed by atoms with Crippen LogP contribution in [0.4, 0.5) is 0 Å². The van der Waals surface area contributed by atoms with Gasteiger partial charge in [0.25, 0.3) is 0 Å². The lowest BCUT2D eigenvalue weighted by Gasteiger charge is -1.97. The van der Waals surface area contributed by atoms with Crippen LogP contribution < -0.4 is 4.74 Å². The van der Waals surface area contributed by atoms with Crippen LogP contribution in [0.2, 0.25) is 5.15 Å². The molecule has 0 atom stereocenters. The molecule has 0 bridgehead atoms. The fraction of sp³-hybridized carbons (Fsp3) is 0.200. The molecule has 0 radical (unpaired) electrons. The molecule has 0 aliphatic rings. The van der Waals surface area contributed by atoms with Crippen LogP contribution in [-0.4, -0.2) is 17.0 Å². The van der Waals surface area contributed by atoms with Crippen LogP contribution in [0.25, 0.3) is 0 Å². The Hall–Kier alpha value is -0.350. The molecule has 0 spiro atoms. The predicted octanol–water partition coefficient (Wildman–Crippen LogP) is 1.90. The maximum absolute atomic E-state index is 6.77. The van der Waals surface area contributed by atoms with Crippen molar-refractivity contribution in [1.29, 1.82) is 0 Å². The third-order valence-corrected chi connectivity index (χ3v) is 1.87. The molecule has 0 aliphatic heterocycles. The predicted molar refractivity (Wildman–Crippen MR) is 41.3 cm³/mol. The Morgan fingerprint density at radius 1 is 1.90 bits per heavy atom. The van der Waals surface area contributed by atoms with Crippen LogP contribution in [0.1, 0.15) is 4.11 Å². The Morgan fingerprint density at radius 2 is 2.70 bits per heavy atom. The fourth-order valence-electron chi connectivity index (χ4n) is 0.381. The standard InChI is InChI=1S/C5H4BrClN2O/c1-10-5-8-2-3(6)4(7)9-5/h2H,1H3/i1D3. The summed E-state index contributed by atoms with van der Waals surface area (Å²) in [7, 11) is -2.56. The third-order valence-electron chi connectivity index (χ3n) is 0.771. The normalized spacial score (nSPS) is 15.2. The second kappa shape index (κ2) is 3.16. The van der Waals surface area contributed by atoms with Gasteiger partial charge in [-0.2, -0.15) is 4.98 Å². The van der Waals surface area contributed by atoms with Crippen molar-refractivity contribution in [2.75, 3.05) is 7.04 Å². The van der Waals surface area contributed by atoms with Crippen LogP contribution in [0.5, 0.6) is 6.01 Å². The first kappa shape index (κ1) is 4.51. The minimum absolute atomic E-state index is 0.106. The average Bonchev–Trinajstić information content (AvgIpc) is 1.94. The highest BCUT2D eigenvalue weighted by Gasteiger charge is 2.00. The van der Waals surface area contributed by atoms with Gasteiger partial charge in [-0.1, -0.05) is 11.6 Å². The molecule has 0 aromatic carbocycles. The lowest BCUT2D eigenvalue weighted by molar-refractivity contribution is 0.379. The van der Waals surface area contributed by atoms with E-state index < -0.39 is 7.04 Å². The summed E-state index contributed by atoms with van der Waals surface area (Å²) < 4.78 is 25.2. The molecule has 5 heteroatoms. The summed E-state index contributed by atoms with van der Waals surface area (Å²) in [4.78, 5) is 7.18. The highest BCUT2D eigenvalue weighted by atomic mass is 79.9. The molecule has 1 rings (SSSR count). The molecule has 0 amide bonds. The van der Waals surface area contributed by atoms with Gasteiger partial charge in [-0.3, -0.25) is 0 Å². The van der Waals surface area contributed by atoms with E-state index in [9.17, 15) is 0 Å². The minimum atomic E-state index is -2.56. The van der Waals surface area contributed by atoms with Crippen LogP contribution >= 0.6 is 27.5 Å². The van der Waals surface area contributed by atoms with E-state index >= 15 is 0 Å². The summed E-state index contributed by atoms with van der Waals surface area (Å²) in [6.45, 7) is 0. The number of nitrogens with zero attached hydrogens (tertiary/aromatic N) is 2. The van der Waals surface area contributed by atoms with Gasteiger partial charge in [0.15, 0.2) is 5.15 Å². The third kappa shape index (κ3) is 1.58. The molecule has 0 aliphatic carbocycles. The molecule has 1 aromatic rings. The van der Waals surface area contributed by atoms with Gasteiger partial charge < -0.3 is 4.74 Å². The summed E-state index contributed by atoms with van der Waals surface area (Å²) >= 11 is 8.64. The van der Waals surface area contributed by atoms with Gasteiger partial charge in [0, 0.05) is 6.20 Å². The van der Waals surface area contributed by atoms with Gasteiger partial charge in [-0.05, 0) is 15.9 Å². The first-order valence-electron chi connectivity index (χ1n) is 3.75. The number of ether oxygens (including phenoxy) is 1. The molecule has 0 fully saturated rings. The molecule has 0 saturated carbocycles. The topological polar surface area (TPSA) is 35.0 Å². The summed E-state index contributed by atoms with van der Waals surface area (Å²) in [5.41, 5.74) is 0. The number of hydrogen-bond donors (Lipinski definition) is 0. The van der Waals surface area contributed by atoms with Crippen molar-refractivity contribution < 1.29 is 8.85 Å². The second-order valence-electron chi connectivity index (χ2n) is 1.39. The lowest BCUT2D eigenvalue weighted by Crippen LogP contribution is -1.91. The summed E-state index contributed by atoms with van der Waals surface area (Å²) in [5, 5.41) is 0.106. The van der Waals surface area contributed by atoms with Crippen LogP contribution in [0, 0.1) is 0 Å². The Bertz CT molecular complexity index is 319. The highest BCUT2D eigenvalue weighted by molar-refractivity contribution is 9.10. The maximum atomic E-state index is 6.77. The lowest BCUT2D eigenvalue weighted by atomic mass is 10.7. The molecular formula is C5H4BrClN2O. The van der Waals surface area contributed by atoms with E-state index in [1.54, 1.807) is 0 Å². The molecule has 1 heterocycles. The van der Waals surface area contributed by atoms with E-state index in [4.69, 9.17) is 15.7 Å². The summed E-state index contributed by atoms with van der Waals surface area (Å²) in [5.74, 6) is 0. The smallest absolute Gasteiger partial charge is 0.317 e. The summed E-state index contributed by atoms with van der Waals surface area (Å²) in [6.07, 6.45) is 1.32. The minimum Gasteiger partial charge on any atom is -0.467 e. The molecule has 0 saturated heterocycles. The Labute approximate surface area is 75.7 Å². The van der Waals surface area contributed by atoms with Crippen molar-refractivity contribution in [3.63, 3.8) is 0 Å². The van der Waals surface area contributed by atoms with Crippen molar-refractivity contribution >= 4 is 27.5 Å². The first-order valence-corrected chi connectivity index (χ1v) is 3.42. The number of aromatic nitrogens is 2. The number of rotatable bonds is 1. The molecule has 10 heavy (non-hydrogen) atoms. The molecule has 1 aromatic heterocycles. The molecule has 0 N–H and O–H groups in total. The molecular weight excluding hydrogens is 219 g/mol. The first-order chi connectivity index (χ1) is 5.88. The number of methoxy groups -OCH3 is 1. The van der Waals surface area contributed by atoms with E-state index in [0.29, 0.717) is 4.47 Å². The van der Waals surface area contributed by atoms with Gasteiger partial charge in [0.05, 0.1) is 15.6 Å². The van der Waals surface area contributed by atoms with Gasteiger partial charge in [-0.25, -0.2) is 4.98 Å². The molecule has 54 valence electrons. The van der Waals surface area contributed by atoms with Gasteiger partial charge in [-0.15, -0.1) is 0 Å². The van der Waals surface area contributed by atoms with Crippen LogP contribution in [-0.2, 0) is 0 Å². The largest absolute Gasteiger partial charge is 0.467 e. The average molecular weight is 226 g/mol. The number of halogens is 2. The Kier molecular flexibility index (Phi) is 1.43. The Morgan fingerprint density at radius 3 is 3.30 bits per heavy atom. The van der Waals surface area contributed by atoms with Crippen molar-refractivity contribution in [2.24, 2.45) is 0 Å². The van der Waals surface area contributed by atoms with Gasteiger partial charge in [0.1, 0.15) is 0 Å². The van der Waals surface area contributed by atoms with Crippen LogP contribution in [0.15, 0.2) is 10.7 Å². The van der Waals surface area contributed by atoms with Gasteiger partial charge in [0.2, 0.25) is 0 Å². The van der Waals surface area contributed by atoms with E-state index in [0.717, 1.165) is 0 Å². The zero-order chi connectivity index (χ0) is 10.1. The maximum Gasteiger partial charge on any atom is 0.317 e. The highest BCUT2D eigenvalue weighted by Crippen LogP contribution is 2.19. The zero-order valence-corrected chi connectivity index (χ0v) is 6.98.